The molecule has 0 spiro atoms. The summed E-state index contributed by atoms with van der Waals surface area (Å²) in [6, 6.07) is 5.15. The molecule has 0 saturated heterocycles. The molecule has 1 amide bonds. The van der Waals surface area contributed by atoms with Gasteiger partial charge in [-0.05, 0) is 43.5 Å². The van der Waals surface area contributed by atoms with Crippen molar-refractivity contribution in [1.82, 2.24) is 9.97 Å². The summed E-state index contributed by atoms with van der Waals surface area (Å²) in [5, 5.41) is 12.2. The van der Waals surface area contributed by atoms with Crippen LogP contribution in [-0.4, -0.2) is 15.9 Å². The number of H-pyrrole nitrogens is 1. The van der Waals surface area contributed by atoms with E-state index in [1.807, 2.05) is 6.07 Å². The van der Waals surface area contributed by atoms with Crippen molar-refractivity contribution in [3.63, 3.8) is 0 Å². The Morgan fingerprint density at radius 1 is 1.43 bits per heavy atom. The van der Waals surface area contributed by atoms with Crippen molar-refractivity contribution < 1.29 is 4.79 Å². The van der Waals surface area contributed by atoms with Crippen LogP contribution >= 0.6 is 11.6 Å². The fourth-order valence-electron chi connectivity index (χ4n) is 2.31. The fourth-order valence-corrected chi connectivity index (χ4v) is 2.43. The number of aromatic nitrogens is 2. The van der Waals surface area contributed by atoms with Crippen LogP contribution in [-0.2, 0) is 11.2 Å². The van der Waals surface area contributed by atoms with Crippen molar-refractivity contribution in [3.8, 4) is 6.07 Å². The first-order chi connectivity index (χ1) is 10.9. The van der Waals surface area contributed by atoms with Gasteiger partial charge < -0.3 is 10.3 Å². The van der Waals surface area contributed by atoms with Crippen molar-refractivity contribution in [2.24, 2.45) is 0 Å². The Morgan fingerprint density at radius 3 is 2.78 bits per heavy atom. The second-order valence-corrected chi connectivity index (χ2v) is 5.52. The fraction of sp³-hybridized carbons (Fsp3) is 0.250. The van der Waals surface area contributed by atoms with Crippen LogP contribution in [0.1, 0.15) is 28.8 Å². The predicted molar refractivity (Wildman–Crippen MR) is 87.4 cm³/mol. The van der Waals surface area contributed by atoms with Gasteiger partial charge in [-0.25, -0.2) is 4.98 Å². The SMILES string of the molecule is Cc1[nH]c(=O)c(C#N)c(C)c1CCC(=O)Nc1ccc(Cl)cn1. The number of carbonyl (C=O) groups is 1. The second-order valence-electron chi connectivity index (χ2n) is 5.08. The zero-order valence-electron chi connectivity index (χ0n) is 12.7. The zero-order valence-corrected chi connectivity index (χ0v) is 13.5. The van der Waals surface area contributed by atoms with Gasteiger partial charge in [0.15, 0.2) is 0 Å². The summed E-state index contributed by atoms with van der Waals surface area (Å²) in [7, 11) is 0. The lowest BCUT2D eigenvalue weighted by Gasteiger charge is -2.10. The van der Waals surface area contributed by atoms with Gasteiger partial charge in [0, 0.05) is 18.3 Å². The number of halogens is 1. The molecule has 2 aromatic heterocycles. The maximum atomic E-state index is 12.0. The lowest BCUT2D eigenvalue weighted by atomic mass is 9.99. The highest BCUT2D eigenvalue weighted by Crippen LogP contribution is 2.15. The summed E-state index contributed by atoms with van der Waals surface area (Å²) < 4.78 is 0. The Kier molecular flexibility index (Phi) is 5.14. The van der Waals surface area contributed by atoms with Gasteiger partial charge in [0.1, 0.15) is 17.5 Å². The van der Waals surface area contributed by atoms with Gasteiger partial charge >= 0.3 is 0 Å². The second kappa shape index (κ2) is 7.07. The molecule has 2 rings (SSSR count). The molecule has 2 heterocycles. The highest BCUT2D eigenvalue weighted by Gasteiger charge is 2.13. The minimum atomic E-state index is -0.402. The van der Waals surface area contributed by atoms with Crippen LogP contribution in [0.15, 0.2) is 23.1 Å². The predicted octanol–water partition coefficient (Wildman–Crippen LogP) is 2.48. The third-order valence-corrected chi connectivity index (χ3v) is 3.74. The molecular weight excluding hydrogens is 316 g/mol. The lowest BCUT2D eigenvalue weighted by molar-refractivity contribution is -0.116. The van der Waals surface area contributed by atoms with Crippen molar-refractivity contribution in [2.75, 3.05) is 5.32 Å². The molecule has 0 fully saturated rings. The van der Waals surface area contributed by atoms with Crippen LogP contribution in [0, 0.1) is 25.2 Å². The van der Waals surface area contributed by atoms with Crippen molar-refractivity contribution >= 4 is 23.3 Å². The molecule has 0 radical (unpaired) electrons. The zero-order chi connectivity index (χ0) is 17.0. The first-order valence-electron chi connectivity index (χ1n) is 6.96. The molecule has 2 aromatic rings. The van der Waals surface area contributed by atoms with E-state index in [9.17, 15) is 9.59 Å². The van der Waals surface area contributed by atoms with Gasteiger partial charge in [-0.2, -0.15) is 5.26 Å². The summed E-state index contributed by atoms with van der Waals surface area (Å²) in [5.74, 6) is 0.218. The summed E-state index contributed by atoms with van der Waals surface area (Å²) in [6.07, 6.45) is 2.08. The Morgan fingerprint density at radius 2 is 2.17 bits per heavy atom. The molecule has 0 atom stereocenters. The summed E-state index contributed by atoms with van der Waals surface area (Å²) >= 11 is 5.74. The van der Waals surface area contributed by atoms with Crippen molar-refractivity contribution in [1.29, 1.82) is 5.26 Å². The van der Waals surface area contributed by atoms with Gasteiger partial charge in [-0.15, -0.1) is 0 Å². The number of nitrogens with one attached hydrogen (secondary N) is 2. The number of rotatable bonds is 4. The molecular formula is C16H15ClN4O2. The van der Waals surface area contributed by atoms with E-state index in [2.05, 4.69) is 15.3 Å². The van der Waals surface area contributed by atoms with E-state index in [0.717, 1.165) is 5.56 Å². The number of aromatic amines is 1. The van der Waals surface area contributed by atoms with Crippen LogP contribution < -0.4 is 10.9 Å². The molecule has 0 unspecified atom stereocenters. The number of nitrogens with zero attached hydrogens (tertiary/aromatic N) is 2. The summed E-state index contributed by atoms with van der Waals surface area (Å²) in [6.45, 7) is 3.47. The van der Waals surface area contributed by atoms with E-state index in [-0.39, 0.29) is 17.9 Å². The van der Waals surface area contributed by atoms with Gasteiger partial charge in [-0.3, -0.25) is 9.59 Å². The lowest BCUT2D eigenvalue weighted by Crippen LogP contribution is -2.18. The van der Waals surface area contributed by atoms with Crippen molar-refractivity contribution in [2.45, 2.75) is 26.7 Å². The number of pyridine rings is 2. The number of anilines is 1. The van der Waals surface area contributed by atoms with E-state index < -0.39 is 5.56 Å². The Balaban J connectivity index is 2.09. The minimum absolute atomic E-state index is 0.0883. The third kappa shape index (κ3) is 3.96. The minimum Gasteiger partial charge on any atom is -0.325 e. The van der Waals surface area contributed by atoms with Gasteiger partial charge in [0.25, 0.3) is 5.56 Å². The third-order valence-electron chi connectivity index (χ3n) is 3.52. The molecule has 0 aliphatic carbocycles. The number of aryl methyl sites for hydroxylation is 1. The standard InChI is InChI=1S/C16H15ClN4O2/c1-9-12(10(2)20-16(23)13(9)7-18)4-6-15(22)21-14-5-3-11(17)8-19-14/h3,5,8H,4,6H2,1-2H3,(H,20,23)(H,19,21,22). The summed E-state index contributed by atoms with van der Waals surface area (Å²) in [4.78, 5) is 30.3. The number of hydrogen-bond donors (Lipinski definition) is 2. The maximum Gasteiger partial charge on any atom is 0.266 e. The quantitative estimate of drug-likeness (QED) is 0.899. The number of amides is 1. The van der Waals surface area contributed by atoms with E-state index in [4.69, 9.17) is 16.9 Å². The van der Waals surface area contributed by atoms with Crippen molar-refractivity contribution in [3.05, 3.63) is 56.1 Å². The smallest absolute Gasteiger partial charge is 0.266 e. The summed E-state index contributed by atoms with van der Waals surface area (Å²) in [5.41, 5.74) is 1.78. The maximum absolute atomic E-state index is 12.0. The van der Waals surface area contributed by atoms with E-state index in [0.29, 0.717) is 28.5 Å². The van der Waals surface area contributed by atoms with E-state index in [1.54, 1.807) is 26.0 Å². The number of nitriles is 1. The average molecular weight is 331 g/mol. The van der Waals surface area contributed by atoms with Gasteiger partial charge in [0.05, 0.1) is 5.02 Å². The molecule has 2 N–H and O–H groups in total. The Bertz CT molecular complexity index is 835. The van der Waals surface area contributed by atoms with Crippen LogP contribution in [0.2, 0.25) is 5.02 Å². The van der Waals surface area contributed by atoms with Crippen LogP contribution in [0.25, 0.3) is 0 Å². The molecule has 0 saturated carbocycles. The first-order valence-corrected chi connectivity index (χ1v) is 7.34. The van der Waals surface area contributed by atoms with Gasteiger partial charge in [0.2, 0.25) is 5.91 Å². The van der Waals surface area contributed by atoms with Gasteiger partial charge in [-0.1, -0.05) is 11.6 Å². The first kappa shape index (κ1) is 16.7. The van der Waals surface area contributed by atoms with E-state index in [1.165, 1.54) is 6.20 Å². The largest absolute Gasteiger partial charge is 0.325 e. The van der Waals surface area contributed by atoms with Crippen LogP contribution in [0.4, 0.5) is 5.82 Å². The van der Waals surface area contributed by atoms with Crippen LogP contribution in [0.5, 0.6) is 0 Å². The molecule has 0 aliphatic heterocycles. The molecule has 0 aromatic carbocycles. The number of hydrogen-bond acceptors (Lipinski definition) is 4. The molecule has 23 heavy (non-hydrogen) atoms. The average Bonchev–Trinajstić information content (AvgIpc) is 2.49. The number of carbonyl (C=O) groups excluding carboxylic acids is 1. The highest BCUT2D eigenvalue weighted by atomic mass is 35.5. The molecule has 6 nitrogen and oxygen atoms in total. The Hall–Kier alpha value is -2.65. The molecule has 7 heteroatoms. The normalized spacial score (nSPS) is 10.2. The monoisotopic (exact) mass is 330 g/mol. The molecule has 0 aliphatic rings. The topological polar surface area (TPSA) is 98.6 Å². The van der Waals surface area contributed by atoms with Crippen LogP contribution in [0.3, 0.4) is 0 Å². The highest BCUT2D eigenvalue weighted by molar-refractivity contribution is 6.30. The Labute approximate surface area is 138 Å². The molecule has 0 bridgehead atoms. The molecule has 118 valence electrons. The van der Waals surface area contributed by atoms with E-state index >= 15 is 0 Å².